The van der Waals surface area contributed by atoms with Gasteiger partial charge in [0, 0.05) is 5.56 Å². The lowest BCUT2D eigenvalue weighted by Gasteiger charge is -2.18. The largest absolute Gasteiger partial charge is 0.508 e. The maximum absolute atomic E-state index is 11.8. The number of phenolic OH excluding ortho intramolecular Hbond substituents is 1. The predicted molar refractivity (Wildman–Crippen MR) is 62.8 cm³/mol. The minimum atomic E-state index is -0.170. The Bertz CT molecular complexity index is 339. The van der Waals surface area contributed by atoms with E-state index in [0.29, 0.717) is 5.56 Å². The zero-order valence-electron chi connectivity index (χ0n) is 9.10. The van der Waals surface area contributed by atoms with Gasteiger partial charge in [0.05, 0.1) is 6.04 Å². The van der Waals surface area contributed by atoms with Gasteiger partial charge in [-0.2, -0.15) is 0 Å². The molecule has 1 aromatic rings. The van der Waals surface area contributed by atoms with Crippen molar-refractivity contribution in [2.24, 2.45) is 0 Å². The van der Waals surface area contributed by atoms with Gasteiger partial charge in [0.1, 0.15) is 5.75 Å². The molecule has 0 amide bonds. The molecule has 0 spiro atoms. The summed E-state index contributed by atoms with van der Waals surface area (Å²) in [6.45, 7) is 1.84. The average Bonchev–Trinajstić information content (AvgIpc) is 2.15. The summed E-state index contributed by atoms with van der Waals surface area (Å²) in [6.07, 6.45) is 0. The first kappa shape index (κ1) is 13.9. The van der Waals surface area contributed by atoms with Crippen LogP contribution in [0.4, 0.5) is 0 Å². The van der Waals surface area contributed by atoms with Gasteiger partial charge >= 0.3 is 0 Å². The number of rotatable bonds is 3. The molecule has 1 N–H and O–H groups in total. The molecule has 1 aromatic carbocycles. The van der Waals surface area contributed by atoms with Crippen LogP contribution in [0.3, 0.4) is 0 Å². The SMILES string of the molecule is CC(C(=O)c1cccc(O)c1)N(C)C.Cl. The number of halogens is 1. The van der Waals surface area contributed by atoms with Crippen molar-refractivity contribution in [3.8, 4) is 5.75 Å². The molecule has 0 radical (unpaired) electrons. The number of hydrogen-bond acceptors (Lipinski definition) is 3. The van der Waals surface area contributed by atoms with Crippen LogP contribution in [0, 0.1) is 0 Å². The van der Waals surface area contributed by atoms with Crippen molar-refractivity contribution in [1.82, 2.24) is 4.90 Å². The minimum absolute atomic E-state index is 0. The lowest BCUT2D eigenvalue weighted by molar-refractivity contribution is 0.0890. The van der Waals surface area contributed by atoms with E-state index < -0.39 is 0 Å². The standard InChI is InChI=1S/C11H15NO2.ClH/c1-8(12(2)3)11(14)9-5-4-6-10(13)7-9;/h4-8,13H,1-3H3;1H. The highest BCUT2D eigenvalue weighted by molar-refractivity contribution is 6.00. The molecule has 0 fully saturated rings. The molecule has 15 heavy (non-hydrogen) atoms. The topological polar surface area (TPSA) is 40.5 Å². The van der Waals surface area contributed by atoms with Crippen LogP contribution in [-0.2, 0) is 0 Å². The molecule has 1 rings (SSSR count). The first-order valence-corrected chi connectivity index (χ1v) is 4.52. The van der Waals surface area contributed by atoms with E-state index in [1.54, 1.807) is 18.2 Å². The number of carbonyl (C=O) groups is 1. The monoisotopic (exact) mass is 229 g/mol. The van der Waals surface area contributed by atoms with Crippen molar-refractivity contribution < 1.29 is 9.90 Å². The van der Waals surface area contributed by atoms with Crippen LogP contribution in [0.5, 0.6) is 5.75 Å². The third-order valence-electron chi connectivity index (χ3n) is 2.28. The molecule has 0 heterocycles. The first-order valence-electron chi connectivity index (χ1n) is 4.52. The Balaban J connectivity index is 0.00000196. The lowest BCUT2D eigenvalue weighted by Crippen LogP contribution is -2.32. The van der Waals surface area contributed by atoms with Gasteiger partial charge in [-0.15, -0.1) is 12.4 Å². The van der Waals surface area contributed by atoms with Crippen molar-refractivity contribution in [3.63, 3.8) is 0 Å². The zero-order chi connectivity index (χ0) is 10.7. The smallest absolute Gasteiger partial charge is 0.179 e. The van der Waals surface area contributed by atoms with Crippen molar-refractivity contribution in [1.29, 1.82) is 0 Å². The third kappa shape index (κ3) is 3.53. The fraction of sp³-hybridized carbons (Fsp3) is 0.364. The summed E-state index contributed by atoms with van der Waals surface area (Å²) in [5.41, 5.74) is 0.547. The van der Waals surface area contributed by atoms with Gasteiger partial charge in [-0.05, 0) is 33.2 Å². The van der Waals surface area contributed by atoms with Crippen LogP contribution in [0.2, 0.25) is 0 Å². The Morgan fingerprint density at radius 2 is 2.00 bits per heavy atom. The fourth-order valence-electron chi connectivity index (χ4n) is 1.13. The highest BCUT2D eigenvalue weighted by Crippen LogP contribution is 2.13. The molecule has 0 aromatic heterocycles. The number of ketones is 1. The molecule has 1 unspecified atom stereocenters. The van der Waals surface area contributed by atoms with Gasteiger partial charge in [-0.25, -0.2) is 0 Å². The maximum atomic E-state index is 11.8. The summed E-state index contributed by atoms with van der Waals surface area (Å²) in [7, 11) is 3.71. The highest BCUT2D eigenvalue weighted by atomic mass is 35.5. The summed E-state index contributed by atoms with van der Waals surface area (Å²) >= 11 is 0. The molecule has 0 aliphatic carbocycles. The predicted octanol–water partition coefficient (Wildman–Crippen LogP) is 1.95. The van der Waals surface area contributed by atoms with Gasteiger partial charge in [0.15, 0.2) is 5.78 Å². The second kappa shape index (κ2) is 5.73. The van der Waals surface area contributed by atoms with E-state index in [-0.39, 0.29) is 30.0 Å². The first-order chi connectivity index (χ1) is 6.52. The van der Waals surface area contributed by atoms with Crippen LogP contribution in [0.25, 0.3) is 0 Å². The van der Waals surface area contributed by atoms with Crippen molar-refractivity contribution in [3.05, 3.63) is 29.8 Å². The van der Waals surface area contributed by atoms with E-state index in [1.807, 2.05) is 25.9 Å². The van der Waals surface area contributed by atoms with E-state index in [1.165, 1.54) is 6.07 Å². The number of benzene rings is 1. The van der Waals surface area contributed by atoms with Gasteiger partial charge in [-0.1, -0.05) is 12.1 Å². The highest BCUT2D eigenvalue weighted by Gasteiger charge is 2.16. The summed E-state index contributed by atoms with van der Waals surface area (Å²) in [5.74, 6) is 0.146. The van der Waals surface area contributed by atoms with Gasteiger partial charge in [-0.3, -0.25) is 9.69 Å². The normalized spacial score (nSPS) is 12.0. The number of aromatic hydroxyl groups is 1. The van der Waals surface area contributed by atoms with E-state index in [0.717, 1.165) is 0 Å². The number of Topliss-reactive ketones (excluding diaryl/α,β-unsaturated/α-hetero) is 1. The quantitative estimate of drug-likeness (QED) is 0.806. The number of likely N-dealkylation sites (N-methyl/N-ethyl adjacent to an activating group) is 1. The van der Waals surface area contributed by atoms with E-state index >= 15 is 0 Å². The van der Waals surface area contributed by atoms with Crippen LogP contribution in [0.1, 0.15) is 17.3 Å². The summed E-state index contributed by atoms with van der Waals surface area (Å²) in [6, 6.07) is 6.25. The Morgan fingerprint density at radius 1 is 1.40 bits per heavy atom. The molecule has 84 valence electrons. The Hall–Kier alpha value is -1.06. The Morgan fingerprint density at radius 3 is 2.47 bits per heavy atom. The Kier molecular flexibility index (Phi) is 5.33. The fourth-order valence-corrected chi connectivity index (χ4v) is 1.13. The number of phenols is 1. The van der Waals surface area contributed by atoms with Crippen molar-refractivity contribution in [2.75, 3.05) is 14.1 Å². The molecular formula is C11H16ClNO2. The van der Waals surface area contributed by atoms with Crippen molar-refractivity contribution in [2.45, 2.75) is 13.0 Å². The second-order valence-corrected chi connectivity index (χ2v) is 3.55. The molecule has 0 saturated heterocycles. The maximum Gasteiger partial charge on any atom is 0.179 e. The summed E-state index contributed by atoms with van der Waals surface area (Å²) in [4.78, 5) is 13.6. The van der Waals surface area contributed by atoms with Crippen LogP contribution in [-0.4, -0.2) is 35.9 Å². The van der Waals surface area contributed by atoms with Gasteiger partial charge < -0.3 is 5.11 Å². The van der Waals surface area contributed by atoms with E-state index in [9.17, 15) is 9.90 Å². The molecule has 0 aliphatic heterocycles. The molecule has 3 nitrogen and oxygen atoms in total. The molecule has 0 saturated carbocycles. The second-order valence-electron chi connectivity index (χ2n) is 3.55. The lowest BCUT2D eigenvalue weighted by atomic mass is 10.0. The van der Waals surface area contributed by atoms with Gasteiger partial charge in [0.25, 0.3) is 0 Å². The molecule has 1 atom stereocenters. The molecule has 0 aliphatic rings. The zero-order valence-corrected chi connectivity index (χ0v) is 9.91. The van der Waals surface area contributed by atoms with E-state index in [2.05, 4.69) is 0 Å². The van der Waals surface area contributed by atoms with Crippen LogP contribution >= 0.6 is 12.4 Å². The average molecular weight is 230 g/mol. The van der Waals surface area contributed by atoms with Crippen molar-refractivity contribution >= 4 is 18.2 Å². The van der Waals surface area contributed by atoms with Crippen LogP contribution < -0.4 is 0 Å². The number of nitrogens with zero attached hydrogens (tertiary/aromatic N) is 1. The minimum Gasteiger partial charge on any atom is -0.508 e. The van der Waals surface area contributed by atoms with Crippen LogP contribution in [0.15, 0.2) is 24.3 Å². The third-order valence-corrected chi connectivity index (χ3v) is 2.28. The van der Waals surface area contributed by atoms with Gasteiger partial charge in [0.2, 0.25) is 0 Å². The molecule has 0 bridgehead atoms. The number of hydrogen-bond donors (Lipinski definition) is 1. The summed E-state index contributed by atoms with van der Waals surface area (Å²) < 4.78 is 0. The van der Waals surface area contributed by atoms with E-state index in [4.69, 9.17) is 0 Å². The Labute approximate surface area is 96.1 Å². The molecule has 4 heteroatoms. The summed E-state index contributed by atoms with van der Waals surface area (Å²) in [5, 5.41) is 9.22. The molecular weight excluding hydrogens is 214 g/mol. The number of carbonyl (C=O) groups excluding carboxylic acids is 1.